The largest absolute Gasteiger partial charge is 0.514 e. The van der Waals surface area contributed by atoms with Crippen LogP contribution < -0.4 is 18.9 Å². The quantitative estimate of drug-likeness (QED) is 0.0341. The van der Waals surface area contributed by atoms with Crippen molar-refractivity contribution in [3.63, 3.8) is 0 Å². The van der Waals surface area contributed by atoms with Crippen LogP contribution in [-0.2, 0) is 48.3 Å². The topological polar surface area (TPSA) is 300 Å². The van der Waals surface area contributed by atoms with Gasteiger partial charge in [-0.1, -0.05) is 84.9 Å². The van der Waals surface area contributed by atoms with Crippen LogP contribution in [0.1, 0.15) is 104 Å². The molecule has 6 aromatic rings. The van der Waals surface area contributed by atoms with Crippen LogP contribution in [0.5, 0.6) is 23.0 Å². The van der Waals surface area contributed by atoms with E-state index in [4.69, 9.17) is 23.7 Å². The van der Waals surface area contributed by atoms with Crippen molar-refractivity contribution in [2.24, 2.45) is 0 Å². The van der Waals surface area contributed by atoms with E-state index in [-0.39, 0.29) is 76.2 Å². The van der Waals surface area contributed by atoms with Gasteiger partial charge >= 0.3 is 60.4 Å². The normalized spacial score (nSPS) is 10.0. The van der Waals surface area contributed by atoms with Crippen molar-refractivity contribution in [2.75, 3.05) is 19.8 Å². The maximum absolute atomic E-state index is 12.3. The molecule has 0 bridgehead atoms. The molecule has 0 fully saturated rings. The maximum Gasteiger partial charge on any atom is 0.514 e. The highest BCUT2D eigenvalue weighted by molar-refractivity contribution is 5.97. The Morgan fingerprint density at radius 2 is 0.525 bits per heavy atom. The molecule has 0 unspecified atom stereocenters. The van der Waals surface area contributed by atoms with Gasteiger partial charge in [-0.15, -0.1) is 0 Å². The predicted octanol–water partition coefficient (Wildman–Crippen LogP) is 10.8. The van der Waals surface area contributed by atoms with Crippen LogP contribution in [0.2, 0.25) is 0 Å². The lowest BCUT2D eigenvalue weighted by Gasteiger charge is -2.19. The molecule has 418 valence electrons. The molecule has 0 spiro atoms. The standard InChI is InChI=1S/C20H18O10.C19H18O7.C17H14O7/c1-3-25-19(23)27-15-11-7-5-9-13(15)17(21)29-30-18(22)14-10-6-8-12-16(14)28-20(24)26-4-2;1-19(2,3)24-18(22)23-15-12-8-7-11-14(15)17(21)26-25-16(20)13-9-5-4-6-10-13;1-2-21-17(20)22-14-11-7-6-10-13(14)16(19)24-23-15(18)12-8-4-3-5-9-12/h5-12H,3-4H2,1-2H3;4-12H,1-3H3;3-11H,2H2,1H3. The van der Waals surface area contributed by atoms with E-state index in [1.165, 1.54) is 109 Å². The SMILES string of the molecule is CC(C)(C)OC(=O)Oc1ccccc1C(=O)OOC(=O)c1ccccc1.CCOC(=O)Oc1ccccc1C(=O)OOC(=O)c1ccccc1.CCOC(=O)Oc1ccccc1C(=O)OOC(=O)c1ccccc1OC(=O)OCC. The smallest absolute Gasteiger partial charge is 0.434 e. The van der Waals surface area contributed by atoms with Gasteiger partial charge in [-0.25, -0.2) is 77.3 Å². The van der Waals surface area contributed by atoms with Gasteiger partial charge in [0, 0.05) is 0 Å². The van der Waals surface area contributed by atoms with Gasteiger partial charge in [0.05, 0.1) is 30.9 Å². The summed E-state index contributed by atoms with van der Waals surface area (Å²) in [6.07, 6.45) is -3.96. The lowest BCUT2D eigenvalue weighted by molar-refractivity contribution is -0.187. The summed E-state index contributed by atoms with van der Waals surface area (Å²) in [5, 5.41) is 0. The molecule has 0 amide bonds. The van der Waals surface area contributed by atoms with Gasteiger partial charge < -0.3 is 37.9 Å². The molecule has 6 rings (SSSR count). The zero-order valence-corrected chi connectivity index (χ0v) is 43.4. The third-order valence-electron chi connectivity index (χ3n) is 8.98. The van der Waals surface area contributed by atoms with Crippen molar-refractivity contribution >= 4 is 60.4 Å². The summed E-state index contributed by atoms with van der Waals surface area (Å²) in [6, 6.07) is 39.0. The van der Waals surface area contributed by atoms with Crippen LogP contribution in [0.25, 0.3) is 0 Å². The Labute approximate surface area is 455 Å². The first kappa shape index (κ1) is 61.8. The number of benzene rings is 6. The Balaban J connectivity index is 0.000000260. The predicted molar refractivity (Wildman–Crippen MR) is 271 cm³/mol. The number of hydrogen-bond donors (Lipinski definition) is 0. The van der Waals surface area contributed by atoms with Gasteiger partial charge in [-0.2, -0.15) is 0 Å². The highest BCUT2D eigenvalue weighted by Gasteiger charge is 2.25. The minimum absolute atomic E-state index is 0.0725. The first-order valence-electron chi connectivity index (χ1n) is 23.5. The van der Waals surface area contributed by atoms with E-state index in [1.54, 1.807) is 90.1 Å². The van der Waals surface area contributed by atoms with Gasteiger partial charge in [0.15, 0.2) is 0 Å². The average Bonchev–Trinajstić information content (AvgIpc) is 3.45. The summed E-state index contributed by atoms with van der Waals surface area (Å²) >= 11 is 0. The molecule has 24 heteroatoms. The first-order chi connectivity index (χ1) is 38.3. The second-order valence-corrected chi connectivity index (χ2v) is 15.9. The fraction of sp³-hybridized carbons (Fsp3) is 0.179. The number of ether oxygens (including phenoxy) is 8. The summed E-state index contributed by atoms with van der Waals surface area (Å²) in [5.74, 6) is -6.30. The van der Waals surface area contributed by atoms with Crippen LogP contribution in [-0.4, -0.2) is 85.9 Å². The van der Waals surface area contributed by atoms with E-state index in [0.29, 0.717) is 0 Å². The Kier molecular flexibility index (Phi) is 24.7. The molecule has 6 aromatic carbocycles. The fourth-order valence-corrected chi connectivity index (χ4v) is 5.62. The third-order valence-corrected chi connectivity index (χ3v) is 8.98. The molecular weight excluding hydrogens is 1060 g/mol. The molecule has 0 atom stereocenters. The van der Waals surface area contributed by atoms with Crippen LogP contribution >= 0.6 is 0 Å². The molecule has 0 N–H and O–H groups in total. The molecule has 0 aliphatic carbocycles. The molecule has 0 aliphatic heterocycles. The first-order valence-corrected chi connectivity index (χ1v) is 23.5. The highest BCUT2D eigenvalue weighted by Crippen LogP contribution is 2.25. The van der Waals surface area contributed by atoms with Crippen LogP contribution in [0, 0.1) is 0 Å². The Hall–Kier alpha value is -10.8. The fourth-order valence-electron chi connectivity index (χ4n) is 5.62. The van der Waals surface area contributed by atoms with Gasteiger partial charge in [-0.3, -0.25) is 0 Å². The van der Waals surface area contributed by atoms with E-state index in [1.807, 2.05) is 0 Å². The molecular formula is C56H50O24. The van der Waals surface area contributed by atoms with E-state index in [2.05, 4.69) is 43.5 Å². The number of hydrogen-bond acceptors (Lipinski definition) is 24. The maximum atomic E-state index is 12.3. The monoisotopic (exact) mass is 1110 g/mol. The van der Waals surface area contributed by atoms with Crippen molar-refractivity contribution in [1.29, 1.82) is 0 Å². The number of carbonyl (C=O) groups is 10. The number of para-hydroxylation sites is 4. The molecule has 0 aliphatic rings. The van der Waals surface area contributed by atoms with Crippen LogP contribution in [0.4, 0.5) is 19.2 Å². The van der Waals surface area contributed by atoms with Gasteiger partial charge in [0.25, 0.3) is 0 Å². The Bertz CT molecular complexity index is 3020. The molecule has 80 heavy (non-hydrogen) atoms. The zero-order chi connectivity index (χ0) is 58.5. The van der Waals surface area contributed by atoms with Crippen molar-refractivity contribution in [2.45, 2.75) is 47.1 Å². The summed E-state index contributed by atoms with van der Waals surface area (Å²) in [7, 11) is 0. The van der Waals surface area contributed by atoms with Crippen LogP contribution in [0.3, 0.4) is 0 Å². The molecule has 0 saturated carbocycles. The summed E-state index contributed by atoms with van der Waals surface area (Å²) in [6.45, 7) is 10.1. The Morgan fingerprint density at radius 3 is 0.775 bits per heavy atom. The number of rotatable bonds is 13. The second-order valence-electron chi connectivity index (χ2n) is 15.9. The summed E-state index contributed by atoms with van der Waals surface area (Å²) in [5.41, 5.74) is -0.869. The number of carbonyl (C=O) groups excluding carboxylic acids is 10. The Morgan fingerprint density at radius 1 is 0.300 bits per heavy atom. The van der Waals surface area contributed by atoms with Gasteiger partial charge in [0.2, 0.25) is 0 Å². The highest BCUT2D eigenvalue weighted by atomic mass is 17.2. The molecule has 0 saturated heterocycles. The molecule has 0 aromatic heterocycles. The summed E-state index contributed by atoms with van der Waals surface area (Å²) in [4.78, 5) is 145. The van der Waals surface area contributed by atoms with Crippen molar-refractivity contribution < 1.29 is 115 Å². The lowest BCUT2D eigenvalue weighted by Crippen LogP contribution is -2.26. The van der Waals surface area contributed by atoms with Crippen molar-refractivity contribution in [3.8, 4) is 23.0 Å². The van der Waals surface area contributed by atoms with E-state index < -0.39 is 66.0 Å². The van der Waals surface area contributed by atoms with Crippen LogP contribution in [0.15, 0.2) is 158 Å². The zero-order valence-electron chi connectivity index (χ0n) is 43.4. The van der Waals surface area contributed by atoms with Crippen molar-refractivity contribution in [1.82, 2.24) is 0 Å². The van der Waals surface area contributed by atoms with Gasteiger partial charge in [-0.05, 0) is 114 Å². The van der Waals surface area contributed by atoms with E-state index in [0.717, 1.165) is 0 Å². The second kappa shape index (κ2) is 32.0. The van der Waals surface area contributed by atoms with Crippen molar-refractivity contribution in [3.05, 3.63) is 191 Å². The van der Waals surface area contributed by atoms with E-state index in [9.17, 15) is 47.9 Å². The molecule has 24 nitrogen and oxygen atoms in total. The van der Waals surface area contributed by atoms with Gasteiger partial charge in [0.1, 0.15) is 50.9 Å². The van der Waals surface area contributed by atoms with E-state index >= 15 is 0 Å². The summed E-state index contributed by atoms with van der Waals surface area (Å²) < 4.78 is 38.7. The molecule has 0 radical (unpaired) electrons. The third kappa shape index (κ3) is 21.1. The minimum Gasteiger partial charge on any atom is -0.434 e. The lowest BCUT2D eigenvalue weighted by atomic mass is 10.2. The average molecular weight is 1110 g/mol. The molecule has 0 heterocycles. The minimum atomic E-state index is -1.10.